The lowest BCUT2D eigenvalue weighted by atomic mass is 10.1. The molecule has 7 nitrogen and oxygen atoms in total. The predicted molar refractivity (Wildman–Crippen MR) is 137 cm³/mol. The summed E-state index contributed by atoms with van der Waals surface area (Å²) in [6.45, 7) is 3.74. The number of hydrogen-bond donors (Lipinski definition) is 2. The van der Waals surface area contributed by atoms with Crippen molar-refractivity contribution in [2.24, 2.45) is 0 Å². The Morgan fingerprint density at radius 2 is 1.71 bits per heavy atom. The molecular weight excluding hydrogens is 486 g/mol. The largest absolute Gasteiger partial charge is 0.356 e. The van der Waals surface area contributed by atoms with Gasteiger partial charge in [-0.05, 0) is 61.2 Å². The summed E-state index contributed by atoms with van der Waals surface area (Å²) < 4.78 is 28.9. The Morgan fingerprint density at radius 1 is 1.03 bits per heavy atom. The molecular formula is C26H26ClN3O4S. The predicted octanol–water partition coefficient (Wildman–Crippen LogP) is 4.22. The van der Waals surface area contributed by atoms with Crippen molar-refractivity contribution in [3.63, 3.8) is 0 Å². The van der Waals surface area contributed by atoms with E-state index >= 15 is 0 Å². The van der Waals surface area contributed by atoms with Gasteiger partial charge < -0.3 is 10.6 Å². The SMILES string of the molecule is Cc1cc(S(=O)(=O)N2c3ccccc3NC(=O)C2CC(=O)NCCc2ccccc2)c(C)cc1Cl. The van der Waals surface area contributed by atoms with Crippen molar-refractivity contribution in [3.8, 4) is 0 Å². The summed E-state index contributed by atoms with van der Waals surface area (Å²) in [5, 5.41) is 6.00. The lowest BCUT2D eigenvalue weighted by molar-refractivity contribution is -0.125. The number of halogens is 1. The minimum absolute atomic E-state index is 0.0402. The zero-order valence-corrected chi connectivity index (χ0v) is 21.0. The third-order valence-corrected chi connectivity index (χ3v) is 8.31. The van der Waals surface area contributed by atoms with Crippen LogP contribution in [0.2, 0.25) is 5.02 Å². The van der Waals surface area contributed by atoms with Gasteiger partial charge in [0.25, 0.3) is 10.0 Å². The number of amides is 2. The Morgan fingerprint density at radius 3 is 2.46 bits per heavy atom. The summed E-state index contributed by atoms with van der Waals surface area (Å²) in [4.78, 5) is 25.9. The van der Waals surface area contributed by atoms with Crippen molar-refractivity contribution in [3.05, 3.63) is 88.4 Å². The molecule has 1 unspecified atom stereocenters. The van der Waals surface area contributed by atoms with Gasteiger partial charge in [0.1, 0.15) is 6.04 Å². The molecule has 0 bridgehead atoms. The van der Waals surface area contributed by atoms with E-state index in [9.17, 15) is 18.0 Å². The molecule has 1 atom stereocenters. The first-order valence-corrected chi connectivity index (χ1v) is 13.0. The first kappa shape index (κ1) is 24.8. The lowest BCUT2D eigenvalue weighted by Gasteiger charge is -2.37. The highest BCUT2D eigenvalue weighted by Crippen LogP contribution is 2.38. The molecule has 0 saturated heterocycles. The Kier molecular flexibility index (Phi) is 7.14. The number of nitrogens with zero attached hydrogens (tertiary/aromatic N) is 1. The zero-order valence-electron chi connectivity index (χ0n) is 19.4. The molecule has 2 amide bonds. The second-order valence-electron chi connectivity index (χ2n) is 8.48. The van der Waals surface area contributed by atoms with E-state index in [1.165, 1.54) is 6.07 Å². The van der Waals surface area contributed by atoms with E-state index in [-0.39, 0.29) is 11.3 Å². The van der Waals surface area contributed by atoms with Gasteiger partial charge in [0, 0.05) is 11.6 Å². The van der Waals surface area contributed by atoms with Crippen molar-refractivity contribution in [2.75, 3.05) is 16.2 Å². The molecule has 1 aliphatic rings. The van der Waals surface area contributed by atoms with E-state index in [4.69, 9.17) is 11.6 Å². The van der Waals surface area contributed by atoms with E-state index in [1.807, 2.05) is 30.3 Å². The van der Waals surface area contributed by atoms with Gasteiger partial charge in [-0.25, -0.2) is 8.42 Å². The van der Waals surface area contributed by atoms with Crippen molar-refractivity contribution in [2.45, 2.75) is 37.6 Å². The van der Waals surface area contributed by atoms with Crippen LogP contribution in [0.1, 0.15) is 23.1 Å². The minimum Gasteiger partial charge on any atom is -0.356 e. The highest BCUT2D eigenvalue weighted by atomic mass is 35.5. The molecule has 35 heavy (non-hydrogen) atoms. The summed E-state index contributed by atoms with van der Waals surface area (Å²) in [5.41, 5.74) is 2.79. The summed E-state index contributed by atoms with van der Waals surface area (Å²) in [6, 6.07) is 18.2. The number of carbonyl (C=O) groups excluding carboxylic acids is 2. The fraction of sp³-hybridized carbons (Fsp3) is 0.231. The van der Waals surface area contributed by atoms with Crippen LogP contribution in [0.25, 0.3) is 0 Å². The number of rotatable bonds is 7. The second-order valence-corrected chi connectivity index (χ2v) is 10.7. The molecule has 0 aliphatic carbocycles. The zero-order chi connectivity index (χ0) is 25.2. The minimum atomic E-state index is -4.20. The van der Waals surface area contributed by atoms with Gasteiger partial charge in [0.2, 0.25) is 11.8 Å². The highest BCUT2D eigenvalue weighted by molar-refractivity contribution is 7.93. The number of benzene rings is 3. The molecule has 3 aromatic carbocycles. The third kappa shape index (κ3) is 5.18. The van der Waals surface area contributed by atoms with Crippen LogP contribution in [-0.2, 0) is 26.0 Å². The fourth-order valence-corrected chi connectivity index (χ4v) is 6.26. The topological polar surface area (TPSA) is 95.6 Å². The van der Waals surface area contributed by atoms with E-state index < -0.39 is 27.9 Å². The number of anilines is 2. The van der Waals surface area contributed by atoms with E-state index in [2.05, 4.69) is 10.6 Å². The maximum Gasteiger partial charge on any atom is 0.265 e. The maximum absolute atomic E-state index is 13.9. The molecule has 2 N–H and O–H groups in total. The Balaban J connectivity index is 1.65. The van der Waals surface area contributed by atoms with E-state index in [0.717, 1.165) is 9.87 Å². The fourth-order valence-electron chi connectivity index (χ4n) is 4.11. The van der Waals surface area contributed by atoms with Gasteiger partial charge in [0.05, 0.1) is 22.7 Å². The standard InChI is InChI=1S/C26H26ClN3O4S/c1-17-15-24(18(2)14-20(17)27)35(33,34)30-22-11-7-6-10-21(22)29-26(32)23(30)16-25(31)28-13-12-19-8-4-3-5-9-19/h3-11,14-15,23H,12-13,16H2,1-2H3,(H,28,31)(H,29,32). The molecule has 4 rings (SSSR count). The van der Waals surface area contributed by atoms with Crippen LogP contribution < -0.4 is 14.9 Å². The lowest BCUT2D eigenvalue weighted by Crippen LogP contribution is -2.53. The number of aryl methyl sites for hydroxylation is 2. The van der Waals surface area contributed by atoms with Crippen molar-refractivity contribution in [1.29, 1.82) is 0 Å². The molecule has 0 fully saturated rings. The van der Waals surface area contributed by atoms with Gasteiger partial charge in [-0.2, -0.15) is 0 Å². The molecule has 0 aromatic heterocycles. The third-order valence-electron chi connectivity index (χ3n) is 5.94. The van der Waals surface area contributed by atoms with Crippen molar-refractivity contribution >= 4 is 44.8 Å². The molecule has 1 aliphatic heterocycles. The molecule has 0 spiro atoms. The summed E-state index contributed by atoms with van der Waals surface area (Å²) in [5.74, 6) is -0.974. The number of para-hydroxylation sites is 2. The number of carbonyl (C=O) groups is 2. The van der Waals surface area contributed by atoms with Gasteiger partial charge in [-0.1, -0.05) is 54.1 Å². The quantitative estimate of drug-likeness (QED) is 0.496. The molecule has 9 heteroatoms. The average molecular weight is 512 g/mol. The first-order chi connectivity index (χ1) is 16.7. The van der Waals surface area contributed by atoms with Crippen LogP contribution in [0.4, 0.5) is 11.4 Å². The number of fused-ring (bicyclic) bond motifs is 1. The van der Waals surface area contributed by atoms with Crippen LogP contribution in [0.15, 0.2) is 71.6 Å². The van der Waals surface area contributed by atoms with Gasteiger partial charge in [-0.3, -0.25) is 13.9 Å². The maximum atomic E-state index is 13.9. The molecule has 0 radical (unpaired) electrons. The van der Waals surface area contributed by atoms with E-state index in [1.54, 1.807) is 44.2 Å². The van der Waals surface area contributed by atoms with Crippen molar-refractivity contribution in [1.82, 2.24) is 5.32 Å². The van der Waals surface area contributed by atoms with Gasteiger partial charge in [0.15, 0.2) is 0 Å². The van der Waals surface area contributed by atoms with Crippen LogP contribution in [-0.4, -0.2) is 32.8 Å². The Bertz CT molecular complexity index is 1380. The Labute approximate surface area is 210 Å². The molecule has 3 aromatic rings. The van der Waals surface area contributed by atoms with Crippen LogP contribution in [0.5, 0.6) is 0 Å². The highest BCUT2D eigenvalue weighted by Gasteiger charge is 2.42. The Hall–Kier alpha value is -3.36. The molecule has 1 heterocycles. The smallest absolute Gasteiger partial charge is 0.265 e. The van der Waals surface area contributed by atoms with Gasteiger partial charge in [-0.15, -0.1) is 0 Å². The number of sulfonamides is 1. The van der Waals surface area contributed by atoms with Crippen molar-refractivity contribution < 1.29 is 18.0 Å². The summed E-state index contributed by atoms with van der Waals surface area (Å²) in [6.07, 6.45) is 0.303. The van der Waals surface area contributed by atoms with E-state index in [0.29, 0.717) is 40.5 Å². The number of nitrogens with one attached hydrogen (secondary N) is 2. The number of hydrogen-bond acceptors (Lipinski definition) is 4. The van der Waals surface area contributed by atoms with Crippen LogP contribution in [0, 0.1) is 13.8 Å². The normalized spacial score (nSPS) is 15.3. The molecule has 182 valence electrons. The average Bonchev–Trinajstić information content (AvgIpc) is 2.82. The monoisotopic (exact) mass is 511 g/mol. The van der Waals surface area contributed by atoms with Crippen LogP contribution >= 0.6 is 11.6 Å². The first-order valence-electron chi connectivity index (χ1n) is 11.2. The molecule has 0 saturated carbocycles. The van der Waals surface area contributed by atoms with Gasteiger partial charge >= 0.3 is 0 Å². The summed E-state index contributed by atoms with van der Waals surface area (Å²) >= 11 is 6.19. The summed E-state index contributed by atoms with van der Waals surface area (Å²) in [7, 11) is -4.20. The van der Waals surface area contributed by atoms with Crippen LogP contribution in [0.3, 0.4) is 0 Å². The second kappa shape index (κ2) is 10.1.